The van der Waals surface area contributed by atoms with Gasteiger partial charge in [-0.25, -0.2) is 9.55 Å². The lowest BCUT2D eigenvalue weighted by Gasteiger charge is -2.03. The molecule has 0 radical (unpaired) electrons. The second-order valence-corrected chi connectivity index (χ2v) is 4.83. The van der Waals surface area contributed by atoms with Crippen LogP contribution in [0, 0.1) is 10.1 Å². The second kappa shape index (κ2) is 7.91. The molecule has 0 aliphatic rings. The van der Waals surface area contributed by atoms with Crippen molar-refractivity contribution in [3.8, 4) is 5.75 Å². The van der Waals surface area contributed by atoms with Crippen molar-refractivity contribution >= 4 is 23.9 Å². The molecule has 8 heteroatoms. The summed E-state index contributed by atoms with van der Waals surface area (Å²) in [5.41, 5.74) is 0.896. The van der Waals surface area contributed by atoms with Crippen molar-refractivity contribution < 1.29 is 19.2 Å². The van der Waals surface area contributed by atoms with E-state index in [9.17, 15) is 14.9 Å². The highest BCUT2D eigenvalue weighted by Crippen LogP contribution is 2.17. The summed E-state index contributed by atoms with van der Waals surface area (Å²) in [6, 6.07) is 7.34. The number of imidazole rings is 1. The van der Waals surface area contributed by atoms with Gasteiger partial charge in [-0.05, 0) is 28.7 Å². The van der Waals surface area contributed by atoms with Crippen molar-refractivity contribution in [1.29, 1.82) is 0 Å². The van der Waals surface area contributed by atoms with Crippen LogP contribution in [-0.4, -0.2) is 34.2 Å². The smallest absolute Gasteiger partial charge is 0.343 e. The molecule has 2 aromatic rings. The van der Waals surface area contributed by atoms with Gasteiger partial charge in [0, 0.05) is 13.0 Å². The van der Waals surface area contributed by atoms with Gasteiger partial charge in [0.25, 0.3) is 0 Å². The quantitative estimate of drug-likeness (QED) is 0.439. The fourth-order valence-corrected chi connectivity index (χ4v) is 2.05. The van der Waals surface area contributed by atoms with Gasteiger partial charge in [0.2, 0.25) is 5.82 Å². The van der Waals surface area contributed by atoms with Crippen LogP contribution >= 0.6 is 0 Å². The minimum Gasteiger partial charge on any atom is -0.497 e. The van der Waals surface area contributed by atoms with Crippen LogP contribution in [0.3, 0.4) is 0 Å². The predicted octanol–water partition coefficient (Wildman–Crippen LogP) is 2.53. The van der Waals surface area contributed by atoms with Crippen LogP contribution in [0.5, 0.6) is 5.75 Å². The average molecular weight is 331 g/mol. The van der Waals surface area contributed by atoms with Gasteiger partial charge in [0.1, 0.15) is 25.1 Å². The molecule has 0 atom stereocenters. The third-order valence-corrected chi connectivity index (χ3v) is 3.21. The SMILES string of the molecule is COc1ccc(/C=C/c2ncc([N+](=O)[O-])n2CCOC(C)=O)cc1. The molecule has 24 heavy (non-hydrogen) atoms. The summed E-state index contributed by atoms with van der Waals surface area (Å²) in [7, 11) is 1.59. The number of methoxy groups -OCH3 is 1. The molecule has 126 valence electrons. The third kappa shape index (κ3) is 4.42. The number of benzene rings is 1. The van der Waals surface area contributed by atoms with E-state index in [1.54, 1.807) is 19.3 Å². The number of carbonyl (C=O) groups excluding carboxylic acids is 1. The lowest BCUT2D eigenvalue weighted by Crippen LogP contribution is -2.12. The van der Waals surface area contributed by atoms with E-state index in [2.05, 4.69) is 4.98 Å². The maximum Gasteiger partial charge on any atom is 0.343 e. The van der Waals surface area contributed by atoms with Crippen LogP contribution in [-0.2, 0) is 16.1 Å². The summed E-state index contributed by atoms with van der Waals surface area (Å²) in [4.78, 5) is 25.4. The van der Waals surface area contributed by atoms with Gasteiger partial charge >= 0.3 is 11.8 Å². The number of ether oxygens (including phenoxy) is 2. The molecule has 0 saturated carbocycles. The maximum atomic E-state index is 11.1. The Morgan fingerprint density at radius 1 is 1.33 bits per heavy atom. The standard InChI is InChI=1S/C16H17N3O5/c1-12(20)24-10-9-18-15(17-11-16(18)19(21)22)8-5-13-3-6-14(23-2)7-4-13/h3-8,11H,9-10H2,1-2H3/b8-5+. The Morgan fingerprint density at radius 3 is 2.62 bits per heavy atom. The van der Waals surface area contributed by atoms with Crippen molar-refractivity contribution in [2.24, 2.45) is 0 Å². The van der Waals surface area contributed by atoms with Crippen LogP contribution in [0.15, 0.2) is 30.5 Å². The summed E-state index contributed by atoms with van der Waals surface area (Å²) < 4.78 is 11.3. The van der Waals surface area contributed by atoms with Gasteiger partial charge in [-0.2, -0.15) is 0 Å². The van der Waals surface area contributed by atoms with Gasteiger partial charge in [-0.15, -0.1) is 0 Å². The zero-order valence-corrected chi connectivity index (χ0v) is 13.3. The normalized spacial score (nSPS) is 10.8. The lowest BCUT2D eigenvalue weighted by atomic mass is 10.2. The van der Waals surface area contributed by atoms with E-state index in [0.717, 1.165) is 11.3 Å². The van der Waals surface area contributed by atoms with Crippen LogP contribution in [0.4, 0.5) is 5.82 Å². The Balaban J connectivity index is 2.19. The average Bonchev–Trinajstić information content (AvgIpc) is 2.96. The third-order valence-electron chi connectivity index (χ3n) is 3.21. The van der Waals surface area contributed by atoms with E-state index in [-0.39, 0.29) is 19.0 Å². The molecule has 0 unspecified atom stereocenters. The van der Waals surface area contributed by atoms with E-state index in [1.165, 1.54) is 17.7 Å². The molecule has 8 nitrogen and oxygen atoms in total. The minimum absolute atomic E-state index is 0.0376. The molecule has 1 aromatic carbocycles. The Labute approximate surface area is 138 Å². The van der Waals surface area contributed by atoms with Crippen molar-refractivity contribution in [1.82, 2.24) is 9.55 Å². The van der Waals surface area contributed by atoms with E-state index in [4.69, 9.17) is 9.47 Å². The highest BCUT2D eigenvalue weighted by molar-refractivity contribution is 5.67. The molecule has 0 amide bonds. The number of nitro groups is 1. The van der Waals surface area contributed by atoms with Crippen LogP contribution < -0.4 is 4.74 Å². The first-order valence-corrected chi connectivity index (χ1v) is 7.16. The molecular formula is C16H17N3O5. The summed E-state index contributed by atoms with van der Waals surface area (Å²) in [6.45, 7) is 1.47. The molecule has 1 aromatic heterocycles. The molecular weight excluding hydrogens is 314 g/mol. The van der Waals surface area contributed by atoms with E-state index >= 15 is 0 Å². The number of hydrogen-bond donors (Lipinski definition) is 0. The summed E-state index contributed by atoms with van der Waals surface area (Å²) in [5.74, 6) is 0.556. The highest BCUT2D eigenvalue weighted by atomic mass is 16.6. The maximum absolute atomic E-state index is 11.1. The number of rotatable bonds is 7. The van der Waals surface area contributed by atoms with E-state index in [1.807, 2.05) is 24.3 Å². The fraction of sp³-hybridized carbons (Fsp3) is 0.250. The van der Waals surface area contributed by atoms with E-state index in [0.29, 0.717) is 5.82 Å². The largest absolute Gasteiger partial charge is 0.497 e. The molecule has 2 rings (SSSR count). The zero-order chi connectivity index (χ0) is 17.5. The molecule has 0 spiro atoms. The molecule has 1 heterocycles. The number of carbonyl (C=O) groups is 1. The van der Waals surface area contributed by atoms with Gasteiger partial charge in [0.15, 0.2) is 0 Å². The van der Waals surface area contributed by atoms with Crippen molar-refractivity contribution in [2.75, 3.05) is 13.7 Å². The second-order valence-electron chi connectivity index (χ2n) is 4.83. The Bertz CT molecular complexity index is 750. The van der Waals surface area contributed by atoms with Gasteiger partial charge in [-0.3, -0.25) is 4.79 Å². The molecule has 0 fully saturated rings. The summed E-state index contributed by atoms with van der Waals surface area (Å²) in [6.07, 6.45) is 4.64. The Kier molecular flexibility index (Phi) is 5.67. The van der Waals surface area contributed by atoms with Crippen molar-refractivity contribution in [3.63, 3.8) is 0 Å². The molecule has 0 N–H and O–H groups in total. The summed E-state index contributed by atoms with van der Waals surface area (Å²) >= 11 is 0. The van der Waals surface area contributed by atoms with Gasteiger partial charge < -0.3 is 19.6 Å². The Morgan fingerprint density at radius 2 is 2.04 bits per heavy atom. The topological polar surface area (TPSA) is 96.5 Å². The van der Waals surface area contributed by atoms with Crippen molar-refractivity contribution in [3.05, 3.63) is 52.0 Å². The lowest BCUT2D eigenvalue weighted by molar-refractivity contribution is -0.392. The Hall–Kier alpha value is -3.16. The molecule has 0 aliphatic heterocycles. The van der Waals surface area contributed by atoms with Gasteiger partial charge in [-0.1, -0.05) is 12.1 Å². The fourth-order valence-electron chi connectivity index (χ4n) is 2.05. The van der Waals surface area contributed by atoms with Crippen LogP contribution in [0.1, 0.15) is 18.3 Å². The van der Waals surface area contributed by atoms with E-state index < -0.39 is 10.9 Å². The molecule has 0 aliphatic carbocycles. The monoisotopic (exact) mass is 331 g/mol. The van der Waals surface area contributed by atoms with Crippen LogP contribution in [0.2, 0.25) is 0 Å². The molecule has 0 saturated heterocycles. The number of hydrogen-bond acceptors (Lipinski definition) is 6. The first kappa shape index (κ1) is 17.2. The first-order valence-electron chi connectivity index (χ1n) is 7.16. The molecule has 0 bridgehead atoms. The number of nitrogens with zero attached hydrogens (tertiary/aromatic N) is 3. The summed E-state index contributed by atoms with van der Waals surface area (Å²) in [5, 5.41) is 11.1. The van der Waals surface area contributed by atoms with Gasteiger partial charge in [0.05, 0.1) is 7.11 Å². The zero-order valence-electron chi connectivity index (χ0n) is 13.3. The van der Waals surface area contributed by atoms with Crippen LogP contribution in [0.25, 0.3) is 12.2 Å². The highest BCUT2D eigenvalue weighted by Gasteiger charge is 2.18. The first-order chi connectivity index (χ1) is 11.5. The number of esters is 1. The van der Waals surface area contributed by atoms with Crippen molar-refractivity contribution in [2.45, 2.75) is 13.5 Å². The minimum atomic E-state index is -0.522. The predicted molar refractivity (Wildman–Crippen MR) is 87.4 cm³/mol. The number of aromatic nitrogens is 2.